The molecule has 0 bridgehead atoms. The number of hydrogen-bond donors (Lipinski definition) is 0. The van der Waals surface area contributed by atoms with Crippen LogP contribution >= 0.6 is 0 Å². The molecule has 0 unspecified atom stereocenters. The molecule has 0 N–H and O–H groups in total. The highest BCUT2D eigenvalue weighted by molar-refractivity contribution is 6.08. The maximum Gasteiger partial charge on any atom is 0.0817 e. The smallest absolute Gasteiger partial charge is 0.0817 e. The van der Waals surface area contributed by atoms with Gasteiger partial charge in [-0.3, -0.25) is 0 Å². The minimum absolute atomic E-state index is 0.961. The summed E-state index contributed by atoms with van der Waals surface area (Å²) in [5.74, 6) is 0. The van der Waals surface area contributed by atoms with Crippen molar-refractivity contribution in [3.05, 3.63) is 197 Å². The van der Waals surface area contributed by atoms with Crippen LogP contribution in [0.15, 0.2) is 186 Å². The molecule has 0 aliphatic carbocycles. The zero-order valence-electron chi connectivity index (χ0n) is 26.6. The number of fused-ring (bicyclic) bond motifs is 7. The summed E-state index contributed by atoms with van der Waals surface area (Å²) in [6.07, 6.45) is 0. The van der Waals surface area contributed by atoms with Crippen LogP contribution in [0, 0.1) is 10.4 Å². The molecule has 0 aromatic heterocycles. The molecule has 8 aromatic carbocycles. The first-order valence-corrected chi connectivity index (χ1v) is 16.7. The van der Waals surface area contributed by atoms with E-state index in [1.54, 1.807) is 0 Å². The molecule has 2 heterocycles. The van der Waals surface area contributed by atoms with E-state index in [1.807, 2.05) is 0 Å². The molecule has 10 rings (SSSR count). The van der Waals surface area contributed by atoms with Gasteiger partial charge in [-0.2, -0.15) is 0 Å². The first-order chi connectivity index (χ1) is 24.3. The SMILES string of the molecule is c1ccc(-c2ccc3c(c2-c2ccccc2N(c2ccccc2)c2cccc4ccccc24)-c2c4c(ccc2=N3)=c2ccccc2=N4)cc1. The van der Waals surface area contributed by atoms with E-state index < -0.39 is 0 Å². The lowest BCUT2D eigenvalue weighted by atomic mass is 9.85. The summed E-state index contributed by atoms with van der Waals surface area (Å²) < 4.78 is 0. The minimum Gasteiger partial charge on any atom is -0.309 e. The van der Waals surface area contributed by atoms with Gasteiger partial charge in [0.2, 0.25) is 0 Å². The van der Waals surface area contributed by atoms with Gasteiger partial charge in [0.1, 0.15) is 0 Å². The predicted octanol–water partition coefficient (Wildman–Crippen LogP) is 11.1. The third-order valence-electron chi connectivity index (χ3n) is 9.78. The van der Waals surface area contributed by atoms with Crippen molar-refractivity contribution in [2.45, 2.75) is 0 Å². The Kier molecular flexibility index (Phi) is 6.18. The summed E-state index contributed by atoms with van der Waals surface area (Å²) in [4.78, 5) is 12.9. The third-order valence-corrected chi connectivity index (χ3v) is 9.78. The molecule has 2 aliphatic rings. The molecule has 0 spiro atoms. The van der Waals surface area contributed by atoms with E-state index in [2.05, 4.69) is 181 Å². The normalized spacial score (nSPS) is 12.0. The molecule has 0 atom stereocenters. The van der Waals surface area contributed by atoms with Gasteiger partial charge < -0.3 is 4.90 Å². The molecule has 49 heavy (non-hydrogen) atoms. The molecule has 8 aromatic rings. The van der Waals surface area contributed by atoms with E-state index >= 15 is 0 Å². The van der Waals surface area contributed by atoms with Crippen LogP contribution in [-0.4, -0.2) is 0 Å². The summed E-state index contributed by atoms with van der Waals surface area (Å²) in [6.45, 7) is 0. The molecular weight excluding hydrogens is 595 g/mol. The van der Waals surface area contributed by atoms with E-state index in [1.165, 1.54) is 16.0 Å². The van der Waals surface area contributed by atoms with Crippen LogP contribution in [0.3, 0.4) is 0 Å². The summed E-state index contributed by atoms with van der Waals surface area (Å²) in [6, 6.07) is 62.6. The van der Waals surface area contributed by atoms with Crippen molar-refractivity contribution < 1.29 is 0 Å². The molecule has 0 fully saturated rings. The highest BCUT2D eigenvalue weighted by atomic mass is 15.1. The summed E-state index contributed by atoms with van der Waals surface area (Å²) >= 11 is 0. The lowest BCUT2D eigenvalue weighted by Crippen LogP contribution is -2.12. The molecule has 3 heteroatoms. The van der Waals surface area contributed by atoms with Gasteiger partial charge in [-0.1, -0.05) is 127 Å². The summed E-state index contributed by atoms with van der Waals surface area (Å²) in [7, 11) is 0. The van der Waals surface area contributed by atoms with E-state index in [0.29, 0.717) is 0 Å². The Bertz CT molecular complexity index is 2820. The lowest BCUT2D eigenvalue weighted by molar-refractivity contribution is 1.30. The number of nitrogens with zero attached hydrogens (tertiary/aromatic N) is 3. The fourth-order valence-corrected chi connectivity index (χ4v) is 7.65. The number of anilines is 3. The Balaban J connectivity index is 1.32. The second-order valence-corrected chi connectivity index (χ2v) is 12.5. The van der Waals surface area contributed by atoms with Crippen molar-refractivity contribution in [1.82, 2.24) is 0 Å². The third kappa shape index (κ3) is 4.29. The monoisotopic (exact) mass is 623 g/mol. The Hall–Kier alpha value is -6.58. The van der Waals surface area contributed by atoms with Gasteiger partial charge in [0, 0.05) is 43.8 Å². The van der Waals surface area contributed by atoms with Crippen LogP contribution in [0.4, 0.5) is 28.4 Å². The predicted molar refractivity (Wildman–Crippen MR) is 201 cm³/mol. The Morgan fingerprint density at radius 2 is 1.10 bits per heavy atom. The Labute approximate surface area is 283 Å². The number of rotatable bonds is 5. The molecule has 0 saturated heterocycles. The largest absolute Gasteiger partial charge is 0.309 e. The van der Waals surface area contributed by atoms with Crippen LogP contribution < -0.4 is 15.6 Å². The van der Waals surface area contributed by atoms with Crippen molar-refractivity contribution in [3.63, 3.8) is 0 Å². The standard InChI is InChI=1S/C46H29N3/c1-3-14-31(15-4-1)34-26-28-39-44(45-40(47-39)29-27-36-35-21-9-11-23-38(35)48-46(36)45)43(34)37-22-10-12-24-42(37)49(32-18-5-2-6-19-32)41-25-13-17-30-16-7-8-20-33(30)41/h1-29H. The molecule has 3 nitrogen and oxygen atoms in total. The average molecular weight is 624 g/mol. The molecule has 228 valence electrons. The molecular formula is C46H29N3. The highest BCUT2D eigenvalue weighted by Crippen LogP contribution is 2.53. The summed E-state index contributed by atoms with van der Waals surface area (Å²) in [5, 5.41) is 6.69. The molecule has 0 amide bonds. The second kappa shape index (κ2) is 11.0. The van der Waals surface area contributed by atoms with Crippen LogP contribution in [0.2, 0.25) is 0 Å². The molecule has 2 aliphatic heterocycles. The van der Waals surface area contributed by atoms with E-state index in [9.17, 15) is 0 Å². The van der Waals surface area contributed by atoms with Gasteiger partial charge in [0.15, 0.2) is 0 Å². The topological polar surface area (TPSA) is 28.0 Å². The van der Waals surface area contributed by atoms with Gasteiger partial charge in [-0.15, -0.1) is 0 Å². The second-order valence-electron chi connectivity index (χ2n) is 12.5. The highest BCUT2D eigenvalue weighted by Gasteiger charge is 2.29. The van der Waals surface area contributed by atoms with Crippen molar-refractivity contribution in [3.8, 4) is 33.4 Å². The van der Waals surface area contributed by atoms with E-state index in [4.69, 9.17) is 9.98 Å². The Morgan fingerprint density at radius 3 is 2.00 bits per heavy atom. The molecule has 0 saturated carbocycles. The van der Waals surface area contributed by atoms with Crippen molar-refractivity contribution in [2.75, 3.05) is 4.90 Å². The fourth-order valence-electron chi connectivity index (χ4n) is 7.65. The average Bonchev–Trinajstić information content (AvgIpc) is 3.74. The van der Waals surface area contributed by atoms with Crippen LogP contribution in [0.25, 0.3) is 44.2 Å². The number of hydrogen-bond acceptors (Lipinski definition) is 3. The van der Waals surface area contributed by atoms with Gasteiger partial charge in [-0.05, 0) is 65.0 Å². The molecule has 0 radical (unpaired) electrons. The van der Waals surface area contributed by atoms with E-state index in [-0.39, 0.29) is 0 Å². The zero-order valence-corrected chi connectivity index (χ0v) is 26.6. The van der Waals surface area contributed by atoms with E-state index in [0.717, 1.165) is 77.8 Å². The first kappa shape index (κ1) is 27.5. The van der Waals surface area contributed by atoms with Gasteiger partial charge >= 0.3 is 0 Å². The summed E-state index contributed by atoms with van der Waals surface area (Å²) in [5.41, 5.74) is 12.1. The Morgan fingerprint density at radius 1 is 0.388 bits per heavy atom. The van der Waals surface area contributed by atoms with Crippen molar-refractivity contribution >= 4 is 39.2 Å². The lowest BCUT2D eigenvalue weighted by Gasteiger charge is -2.30. The maximum atomic E-state index is 5.24. The van der Waals surface area contributed by atoms with Crippen LogP contribution in [0.5, 0.6) is 0 Å². The minimum atomic E-state index is 0.961. The maximum absolute atomic E-state index is 5.24. The quantitative estimate of drug-likeness (QED) is 0.187. The van der Waals surface area contributed by atoms with Crippen molar-refractivity contribution in [1.29, 1.82) is 0 Å². The van der Waals surface area contributed by atoms with Crippen LogP contribution in [-0.2, 0) is 0 Å². The number of para-hydroxylation sites is 3. The first-order valence-electron chi connectivity index (χ1n) is 16.7. The van der Waals surface area contributed by atoms with Gasteiger partial charge in [-0.25, -0.2) is 9.98 Å². The van der Waals surface area contributed by atoms with Gasteiger partial charge in [0.25, 0.3) is 0 Å². The van der Waals surface area contributed by atoms with Crippen LogP contribution in [0.1, 0.15) is 0 Å². The number of benzene rings is 8. The fraction of sp³-hybridized carbons (Fsp3) is 0. The van der Waals surface area contributed by atoms with Gasteiger partial charge in [0.05, 0.1) is 33.5 Å². The van der Waals surface area contributed by atoms with Crippen molar-refractivity contribution in [2.24, 2.45) is 9.98 Å². The zero-order chi connectivity index (χ0) is 32.3.